The molecule has 0 saturated heterocycles. The molecule has 2 aromatic carbocycles. The molecule has 1 amide bonds. The SMILES string of the molecule is CCCCC(CC)CNC(=O)CN(c1cccc(Br)c1)S(=O)(=O)c1ccc(C)cc1. The standard InChI is InChI=1S/C23H31BrN2O3S/c1-4-6-8-19(5-2)16-25-23(27)17-26(21-10-7-9-20(24)15-21)30(28,29)22-13-11-18(3)12-14-22/h7,9-15,19H,4-6,8,16-17H2,1-3H3,(H,25,27). The molecule has 1 N–H and O–H groups in total. The highest BCUT2D eigenvalue weighted by molar-refractivity contribution is 9.10. The number of rotatable bonds is 11. The summed E-state index contributed by atoms with van der Waals surface area (Å²) < 4.78 is 28.6. The summed E-state index contributed by atoms with van der Waals surface area (Å²) in [4.78, 5) is 12.9. The molecule has 1 atom stereocenters. The maximum Gasteiger partial charge on any atom is 0.264 e. The number of amides is 1. The lowest BCUT2D eigenvalue weighted by molar-refractivity contribution is -0.119. The fraction of sp³-hybridized carbons (Fsp3) is 0.435. The van der Waals surface area contributed by atoms with Gasteiger partial charge in [0, 0.05) is 11.0 Å². The zero-order chi connectivity index (χ0) is 22.1. The van der Waals surface area contributed by atoms with E-state index in [0.29, 0.717) is 18.2 Å². The number of hydrogen-bond acceptors (Lipinski definition) is 3. The zero-order valence-corrected chi connectivity index (χ0v) is 20.3. The molecule has 0 fully saturated rings. The van der Waals surface area contributed by atoms with Gasteiger partial charge in [0.15, 0.2) is 0 Å². The van der Waals surface area contributed by atoms with Crippen molar-refractivity contribution in [2.24, 2.45) is 5.92 Å². The van der Waals surface area contributed by atoms with Crippen LogP contribution in [-0.2, 0) is 14.8 Å². The largest absolute Gasteiger partial charge is 0.354 e. The predicted molar refractivity (Wildman–Crippen MR) is 126 cm³/mol. The lowest BCUT2D eigenvalue weighted by Gasteiger charge is -2.25. The Labute approximate surface area is 189 Å². The molecule has 0 radical (unpaired) electrons. The van der Waals surface area contributed by atoms with Crippen LogP contribution in [0.5, 0.6) is 0 Å². The Kier molecular flexibility index (Phi) is 9.37. The minimum absolute atomic E-state index is 0.162. The number of carbonyl (C=O) groups is 1. The molecule has 0 heterocycles. The third kappa shape index (κ3) is 6.84. The van der Waals surface area contributed by atoms with Gasteiger partial charge in [0.25, 0.3) is 10.0 Å². The Morgan fingerprint density at radius 2 is 1.83 bits per heavy atom. The highest BCUT2D eigenvalue weighted by Gasteiger charge is 2.27. The fourth-order valence-corrected chi connectivity index (χ4v) is 4.97. The van der Waals surface area contributed by atoms with Gasteiger partial charge in [0.2, 0.25) is 5.91 Å². The van der Waals surface area contributed by atoms with Crippen LogP contribution < -0.4 is 9.62 Å². The maximum atomic E-state index is 13.4. The predicted octanol–water partition coefficient (Wildman–Crippen LogP) is 5.29. The topological polar surface area (TPSA) is 66.5 Å². The number of nitrogens with zero attached hydrogens (tertiary/aromatic N) is 1. The molecule has 0 aliphatic heterocycles. The van der Waals surface area contributed by atoms with E-state index in [4.69, 9.17) is 0 Å². The average molecular weight is 495 g/mol. The van der Waals surface area contributed by atoms with Crippen LogP contribution in [0.3, 0.4) is 0 Å². The first-order valence-corrected chi connectivity index (χ1v) is 12.6. The molecule has 0 aliphatic carbocycles. The molecule has 0 spiro atoms. The molecule has 2 aromatic rings. The van der Waals surface area contributed by atoms with Crippen LogP contribution in [0.1, 0.15) is 45.1 Å². The van der Waals surface area contributed by atoms with Crippen molar-refractivity contribution >= 4 is 37.5 Å². The molecule has 0 aromatic heterocycles. The van der Waals surface area contributed by atoms with E-state index in [9.17, 15) is 13.2 Å². The fourth-order valence-electron chi connectivity index (χ4n) is 3.17. The molecule has 2 rings (SSSR count). The van der Waals surface area contributed by atoms with Crippen LogP contribution in [0.25, 0.3) is 0 Å². The van der Waals surface area contributed by atoms with Gasteiger partial charge < -0.3 is 5.32 Å². The molecule has 5 nitrogen and oxygen atoms in total. The molecule has 164 valence electrons. The van der Waals surface area contributed by atoms with Gasteiger partial charge >= 0.3 is 0 Å². The quantitative estimate of drug-likeness (QED) is 0.461. The monoisotopic (exact) mass is 494 g/mol. The lowest BCUT2D eigenvalue weighted by atomic mass is 9.99. The summed E-state index contributed by atoms with van der Waals surface area (Å²) in [6.07, 6.45) is 4.29. The number of anilines is 1. The maximum absolute atomic E-state index is 13.4. The van der Waals surface area contributed by atoms with Gasteiger partial charge in [-0.3, -0.25) is 9.10 Å². The van der Waals surface area contributed by atoms with Gasteiger partial charge in [-0.25, -0.2) is 8.42 Å². The van der Waals surface area contributed by atoms with E-state index in [0.717, 1.165) is 35.7 Å². The number of carbonyl (C=O) groups excluding carboxylic acids is 1. The van der Waals surface area contributed by atoms with Crippen LogP contribution >= 0.6 is 15.9 Å². The van der Waals surface area contributed by atoms with Gasteiger partial charge in [-0.1, -0.05) is 72.8 Å². The van der Waals surface area contributed by atoms with Gasteiger partial charge in [-0.05, 0) is 49.6 Å². The summed E-state index contributed by atoms with van der Waals surface area (Å²) in [6, 6.07) is 13.6. The summed E-state index contributed by atoms with van der Waals surface area (Å²) >= 11 is 3.39. The first kappa shape index (κ1) is 24.4. The Morgan fingerprint density at radius 1 is 1.13 bits per heavy atom. The Morgan fingerprint density at radius 3 is 2.43 bits per heavy atom. The van der Waals surface area contributed by atoms with E-state index < -0.39 is 10.0 Å². The first-order chi connectivity index (χ1) is 14.3. The van der Waals surface area contributed by atoms with Gasteiger partial charge in [0.05, 0.1) is 10.6 Å². The highest BCUT2D eigenvalue weighted by atomic mass is 79.9. The molecule has 0 aliphatic rings. The van der Waals surface area contributed by atoms with E-state index in [1.165, 1.54) is 4.31 Å². The number of hydrogen-bond donors (Lipinski definition) is 1. The molecular weight excluding hydrogens is 464 g/mol. The summed E-state index contributed by atoms with van der Waals surface area (Å²) in [6.45, 7) is 6.46. The second-order valence-electron chi connectivity index (χ2n) is 7.53. The van der Waals surface area contributed by atoms with E-state index in [2.05, 4.69) is 35.1 Å². The highest BCUT2D eigenvalue weighted by Crippen LogP contribution is 2.26. The summed E-state index contributed by atoms with van der Waals surface area (Å²) in [5.74, 6) is 0.0996. The van der Waals surface area contributed by atoms with Gasteiger partial charge in [-0.15, -0.1) is 0 Å². The van der Waals surface area contributed by atoms with Crippen molar-refractivity contribution in [1.29, 1.82) is 0 Å². The number of sulfonamides is 1. The van der Waals surface area contributed by atoms with Crippen molar-refractivity contribution < 1.29 is 13.2 Å². The van der Waals surface area contributed by atoms with Gasteiger partial charge in [-0.2, -0.15) is 0 Å². The second kappa shape index (κ2) is 11.5. The van der Waals surface area contributed by atoms with E-state index in [1.807, 2.05) is 13.0 Å². The smallest absolute Gasteiger partial charge is 0.264 e. The molecule has 30 heavy (non-hydrogen) atoms. The minimum atomic E-state index is -3.89. The molecule has 1 unspecified atom stereocenters. The Hall–Kier alpha value is -1.86. The molecule has 0 saturated carbocycles. The van der Waals surface area contributed by atoms with Crippen LogP contribution in [0.2, 0.25) is 0 Å². The molecular formula is C23H31BrN2O3S. The van der Waals surface area contributed by atoms with E-state index in [1.54, 1.807) is 42.5 Å². The van der Waals surface area contributed by atoms with Crippen molar-refractivity contribution in [3.05, 3.63) is 58.6 Å². The Bertz CT molecular complexity index is 930. The molecule has 7 heteroatoms. The summed E-state index contributed by atoms with van der Waals surface area (Å²) in [7, 11) is -3.89. The third-order valence-electron chi connectivity index (χ3n) is 5.12. The van der Waals surface area contributed by atoms with Crippen LogP contribution in [0, 0.1) is 12.8 Å². The van der Waals surface area contributed by atoms with Crippen molar-refractivity contribution in [2.75, 3.05) is 17.4 Å². The second-order valence-corrected chi connectivity index (χ2v) is 10.3. The number of benzene rings is 2. The van der Waals surface area contributed by atoms with Crippen LogP contribution in [-0.4, -0.2) is 27.4 Å². The van der Waals surface area contributed by atoms with Gasteiger partial charge in [0.1, 0.15) is 6.54 Å². The first-order valence-electron chi connectivity index (χ1n) is 10.4. The third-order valence-corrected chi connectivity index (χ3v) is 7.40. The summed E-state index contributed by atoms with van der Waals surface area (Å²) in [5.41, 5.74) is 1.41. The Balaban J connectivity index is 2.24. The van der Waals surface area contributed by atoms with Crippen molar-refractivity contribution in [3.63, 3.8) is 0 Å². The number of nitrogens with one attached hydrogen (secondary N) is 1. The van der Waals surface area contributed by atoms with E-state index >= 15 is 0 Å². The lowest BCUT2D eigenvalue weighted by Crippen LogP contribution is -2.42. The molecule has 0 bridgehead atoms. The van der Waals surface area contributed by atoms with Crippen molar-refractivity contribution in [1.82, 2.24) is 5.32 Å². The van der Waals surface area contributed by atoms with Crippen molar-refractivity contribution in [3.8, 4) is 0 Å². The normalized spacial score (nSPS) is 12.4. The minimum Gasteiger partial charge on any atom is -0.354 e. The number of unbranched alkanes of at least 4 members (excludes halogenated alkanes) is 1. The average Bonchev–Trinajstić information content (AvgIpc) is 2.72. The zero-order valence-electron chi connectivity index (χ0n) is 17.9. The van der Waals surface area contributed by atoms with Crippen LogP contribution in [0.4, 0.5) is 5.69 Å². The number of aryl methyl sites for hydroxylation is 1. The summed E-state index contributed by atoms with van der Waals surface area (Å²) in [5, 5.41) is 2.93. The number of halogens is 1. The van der Waals surface area contributed by atoms with Crippen molar-refractivity contribution in [2.45, 2.75) is 51.3 Å². The van der Waals surface area contributed by atoms with Crippen LogP contribution in [0.15, 0.2) is 57.9 Å². The van der Waals surface area contributed by atoms with E-state index in [-0.39, 0.29) is 17.3 Å².